The van der Waals surface area contributed by atoms with Crippen LogP contribution in [0.3, 0.4) is 0 Å². The Balaban J connectivity index is 2.17. The van der Waals surface area contributed by atoms with Crippen LogP contribution in [0.15, 0.2) is 24.0 Å². The van der Waals surface area contributed by atoms with Gasteiger partial charge in [-0.05, 0) is 6.07 Å². The summed E-state index contributed by atoms with van der Waals surface area (Å²) in [6.07, 6.45) is 3.32. The van der Waals surface area contributed by atoms with Crippen LogP contribution in [0.1, 0.15) is 5.69 Å². The van der Waals surface area contributed by atoms with E-state index in [9.17, 15) is 4.79 Å². The van der Waals surface area contributed by atoms with Gasteiger partial charge in [-0.25, -0.2) is 15.0 Å². The maximum Gasteiger partial charge on any atom is 0.311 e. The predicted octanol–water partition coefficient (Wildman–Crippen LogP) is 1.32. The molecule has 0 aromatic carbocycles. The number of esters is 1. The molecule has 2 heterocycles. The zero-order chi connectivity index (χ0) is 11.4. The Morgan fingerprint density at radius 2 is 2.44 bits per heavy atom. The molecule has 82 valence electrons. The van der Waals surface area contributed by atoms with Crippen LogP contribution in [-0.4, -0.2) is 28.0 Å². The van der Waals surface area contributed by atoms with Gasteiger partial charge in [0.05, 0.1) is 19.2 Å². The highest BCUT2D eigenvalue weighted by atomic mass is 32.1. The quantitative estimate of drug-likeness (QED) is 0.750. The van der Waals surface area contributed by atoms with E-state index in [-0.39, 0.29) is 12.4 Å². The minimum atomic E-state index is -0.292. The molecule has 0 bridgehead atoms. The first-order valence-electron chi connectivity index (χ1n) is 4.57. The van der Waals surface area contributed by atoms with Crippen molar-refractivity contribution in [2.24, 2.45) is 0 Å². The zero-order valence-electron chi connectivity index (χ0n) is 8.58. The molecule has 0 radical (unpaired) electrons. The summed E-state index contributed by atoms with van der Waals surface area (Å²) in [5.74, 6) is -0.292. The van der Waals surface area contributed by atoms with Crippen molar-refractivity contribution >= 4 is 17.3 Å². The van der Waals surface area contributed by atoms with E-state index in [4.69, 9.17) is 0 Å². The van der Waals surface area contributed by atoms with Crippen molar-refractivity contribution < 1.29 is 9.53 Å². The largest absolute Gasteiger partial charge is 0.469 e. The van der Waals surface area contributed by atoms with Crippen molar-refractivity contribution in [2.45, 2.75) is 6.42 Å². The van der Waals surface area contributed by atoms with Crippen LogP contribution in [0, 0.1) is 0 Å². The summed E-state index contributed by atoms with van der Waals surface area (Å²) in [5, 5.41) is 2.61. The highest BCUT2D eigenvalue weighted by Gasteiger charge is 2.09. The average Bonchev–Trinajstić information content (AvgIpc) is 2.78. The maximum atomic E-state index is 11.0. The first-order chi connectivity index (χ1) is 7.79. The molecule has 0 N–H and O–H groups in total. The molecule has 0 atom stereocenters. The molecule has 0 unspecified atom stereocenters. The second kappa shape index (κ2) is 4.80. The number of hydrogen-bond donors (Lipinski definition) is 0. The van der Waals surface area contributed by atoms with Crippen molar-refractivity contribution in [2.75, 3.05) is 7.11 Å². The van der Waals surface area contributed by atoms with Crippen LogP contribution in [0.4, 0.5) is 0 Å². The van der Waals surface area contributed by atoms with Gasteiger partial charge in [-0.2, -0.15) is 0 Å². The minimum Gasteiger partial charge on any atom is -0.469 e. The predicted molar refractivity (Wildman–Crippen MR) is 58.9 cm³/mol. The van der Waals surface area contributed by atoms with Crippen molar-refractivity contribution in [3.63, 3.8) is 0 Å². The lowest BCUT2D eigenvalue weighted by molar-refractivity contribution is -0.139. The van der Waals surface area contributed by atoms with Gasteiger partial charge < -0.3 is 4.74 Å². The fraction of sp³-hybridized carbons (Fsp3) is 0.200. The molecule has 6 heteroatoms. The molecule has 2 aromatic rings. The van der Waals surface area contributed by atoms with Gasteiger partial charge in [0, 0.05) is 11.6 Å². The fourth-order valence-electron chi connectivity index (χ4n) is 1.14. The molecule has 0 aliphatic rings. The molecule has 0 aliphatic carbocycles. The van der Waals surface area contributed by atoms with Gasteiger partial charge in [0.1, 0.15) is 17.0 Å². The summed E-state index contributed by atoms with van der Waals surface area (Å²) in [6, 6.07) is 1.78. The topological polar surface area (TPSA) is 65.0 Å². The summed E-state index contributed by atoms with van der Waals surface area (Å²) in [6.45, 7) is 0. The SMILES string of the molecule is COC(=O)Cc1csc(-c2ccncn2)n1. The van der Waals surface area contributed by atoms with Crippen LogP contribution >= 0.6 is 11.3 Å². The number of aromatic nitrogens is 3. The summed E-state index contributed by atoms with van der Waals surface area (Å²) < 4.78 is 4.57. The Morgan fingerprint density at radius 1 is 1.56 bits per heavy atom. The van der Waals surface area contributed by atoms with E-state index in [1.54, 1.807) is 12.3 Å². The van der Waals surface area contributed by atoms with Crippen molar-refractivity contribution in [1.29, 1.82) is 0 Å². The van der Waals surface area contributed by atoms with Crippen molar-refractivity contribution in [3.8, 4) is 10.7 Å². The molecule has 16 heavy (non-hydrogen) atoms. The van der Waals surface area contributed by atoms with Crippen molar-refractivity contribution in [3.05, 3.63) is 29.7 Å². The lowest BCUT2D eigenvalue weighted by Gasteiger charge is -1.94. The molecule has 2 rings (SSSR count). The number of nitrogens with zero attached hydrogens (tertiary/aromatic N) is 3. The van der Waals surface area contributed by atoms with Crippen LogP contribution in [0.2, 0.25) is 0 Å². The molecule has 0 spiro atoms. The highest BCUT2D eigenvalue weighted by molar-refractivity contribution is 7.13. The lowest BCUT2D eigenvalue weighted by atomic mass is 10.3. The van der Waals surface area contributed by atoms with Gasteiger partial charge in [-0.15, -0.1) is 11.3 Å². The van der Waals surface area contributed by atoms with E-state index >= 15 is 0 Å². The zero-order valence-corrected chi connectivity index (χ0v) is 9.40. The Hall–Kier alpha value is -1.82. The normalized spacial score (nSPS) is 10.1. The molecule has 0 saturated carbocycles. The first kappa shape index (κ1) is 10.7. The number of rotatable bonds is 3. The number of thiazole rings is 1. The molecular weight excluding hydrogens is 226 g/mol. The van der Waals surface area contributed by atoms with Gasteiger partial charge >= 0.3 is 5.97 Å². The third-order valence-electron chi connectivity index (χ3n) is 1.91. The van der Waals surface area contributed by atoms with E-state index in [1.807, 2.05) is 5.38 Å². The lowest BCUT2D eigenvalue weighted by Crippen LogP contribution is -2.04. The van der Waals surface area contributed by atoms with Gasteiger partial charge in [0.15, 0.2) is 0 Å². The van der Waals surface area contributed by atoms with E-state index < -0.39 is 0 Å². The Morgan fingerprint density at radius 3 is 3.12 bits per heavy atom. The molecule has 0 aliphatic heterocycles. The summed E-state index contributed by atoms with van der Waals surface area (Å²) in [5.41, 5.74) is 1.46. The highest BCUT2D eigenvalue weighted by Crippen LogP contribution is 2.21. The first-order valence-corrected chi connectivity index (χ1v) is 5.45. The monoisotopic (exact) mass is 235 g/mol. The smallest absolute Gasteiger partial charge is 0.311 e. The van der Waals surface area contributed by atoms with Gasteiger partial charge in [-0.3, -0.25) is 4.79 Å². The van der Waals surface area contributed by atoms with Crippen LogP contribution in [0.5, 0.6) is 0 Å². The molecule has 2 aromatic heterocycles. The third-order valence-corrected chi connectivity index (χ3v) is 2.82. The number of methoxy groups -OCH3 is 1. The summed E-state index contributed by atoms with van der Waals surface area (Å²) >= 11 is 1.45. The molecule has 0 amide bonds. The van der Waals surface area contributed by atoms with Crippen molar-refractivity contribution in [1.82, 2.24) is 15.0 Å². The summed E-state index contributed by atoms with van der Waals surface area (Å²) in [4.78, 5) is 23.3. The van der Waals surface area contributed by atoms with Gasteiger partial charge in [-0.1, -0.05) is 0 Å². The maximum absolute atomic E-state index is 11.0. The third kappa shape index (κ3) is 2.40. The van der Waals surface area contributed by atoms with Gasteiger partial charge in [0.2, 0.25) is 0 Å². The van der Waals surface area contributed by atoms with E-state index in [0.29, 0.717) is 5.69 Å². The van der Waals surface area contributed by atoms with E-state index in [0.717, 1.165) is 10.7 Å². The molecule has 5 nitrogen and oxygen atoms in total. The summed E-state index contributed by atoms with van der Waals surface area (Å²) in [7, 11) is 1.36. The average molecular weight is 235 g/mol. The number of ether oxygens (including phenoxy) is 1. The minimum absolute atomic E-state index is 0.193. The number of hydrogen-bond acceptors (Lipinski definition) is 6. The fourth-order valence-corrected chi connectivity index (χ4v) is 1.94. The number of carbonyl (C=O) groups excluding carboxylic acids is 1. The Kier molecular flexibility index (Phi) is 3.21. The molecule has 0 fully saturated rings. The van der Waals surface area contributed by atoms with E-state index in [1.165, 1.54) is 24.8 Å². The van der Waals surface area contributed by atoms with E-state index in [2.05, 4.69) is 19.7 Å². The van der Waals surface area contributed by atoms with Gasteiger partial charge in [0.25, 0.3) is 0 Å². The Labute approximate surface area is 96.2 Å². The van der Waals surface area contributed by atoms with Crippen LogP contribution in [0.25, 0.3) is 10.7 Å². The standard InChI is InChI=1S/C10H9N3O2S/c1-15-9(14)4-7-5-16-10(13-7)8-2-3-11-6-12-8/h2-3,5-6H,4H2,1H3. The molecular formula is C10H9N3O2S. The van der Waals surface area contributed by atoms with Crippen LogP contribution in [-0.2, 0) is 16.0 Å². The molecule has 0 saturated heterocycles. The number of carbonyl (C=O) groups is 1. The van der Waals surface area contributed by atoms with Crippen LogP contribution < -0.4 is 0 Å². The second-order valence-corrected chi connectivity index (χ2v) is 3.85. The second-order valence-electron chi connectivity index (χ2n) is 2.99. The Bertz CT molecular complexity index is 484.